The fourth-order valence-corrected chi connectivity index (χ4v) is 7.59. The van der Waals surface area contributed by atoms with Gasteiger partial charge in [-0.25, -0.2) is 0 Å². The smallest absolute Gasteiger partial charge is 0.0923 e. The Labute approximate surface area is 151 Å². The molecule has 3 fully saturated rings. The summed E-state index contributed by atoms with van der Waals surface area (Å²) in [6.07, 6.45) is 17.6. The van der Waals surface area contributed by atoms with Gasteiger partial charge < -0.3 is 10.1 Å². The third kappa shape index (κ3) is 2.04. The van der Waals surface area contributed by atoms with Crippen molar-refractivity contribution >= 4 is 5.71 Å². The van der Waals surface area contributed by atoms with Crippen LogP contribution in [0.2, 0.25) is 0 Å². The fraction of sp³-hybridized carbons (Fsp3) is 0.696. The van der Waals surface area contributed by atoms with Crippen LogP contribution in [0.15, 0.2) is 36.5 Å². The first-order chi connectivity index (χ1) is 12.1. The van der Waals surface area contributed by atoms with Gasteiger partial charge in [-0.1, -0.05) is 30.7 Å². The second kappa shape index (κ2) is 5.42. The van der Waals surface area contributed by atoms with Crippen LogP contribution in [0.4, 0.5) is 0 Å². The second-order valence-corrected chi connectivity index (χ2v) is 9.44. The highest BCUT2D eigenvalue weighted by Crippen LogP contribution is 2.67. The molecule has 134 valence electrons. The lowest BCUT2D eigenvalue weighted by atomic mass is 9.48. The number of allylic oxidation sites excluding steroid dienone is 3. The van der Waals surface area contributed by atoms with Crippen LogP contribution < -0.4 is 0 Å². The van der Waals surface area contributed by atoms with E-state index in [-0.39, 0.29) is 5.60 Å². The third-order valence-corrected chi connectivity index (χ3v) is 8.74. The van der Waals surface area contributed by atoms with E-state index < -0.39 is 0 Å². The summed E-state index contributed by atoms with van der Waals surface area (Å²) < 4.78 is 6.37. The van der Waals surface area contributed by atoms with Crippen LogP contribution in [0.25, 0.3) is 0 Å². The normalized spacial score (nSPS) is 51.0. The second-order valence-electron chi connectivity index (χ2n) is 9.44. The van der Waals surface area contributed by atoms with E-state index in [2.05, 4.69) is 37.8 Å². The molecule has 4 aliphatic carbocycles. The Morgan fingerprint density at radius 3 is 2.92 bits per heavy atom. The summed E-state index contributed by atoms with van der Waals surface area (Å²) in [5.41, 5.74) is 2.72. The Bertz CT molecular complexity index is 676. The minimum Gasteiger partial charge on any atom is -0.366 e. The standard InChI is InChI=1S/C23H31NO/c1-3-15-13-16-14-17(24)5-6-18(16)19-7-10-22(2)20(21(15)19)8-11-23(22)9-4-12-25-23/h3-4,9,14-15,18-21,24H,1,5-8,10-13H2,2H3/t15?,18-,19?,20?,21?,22-,23-/m0/s1. The topological polar surface area (TPSA) is 33.1 Å². The lowest BCUT2D eigenvalue weighted by Crippen LogP contribution is -2.54. The van der Waals surface area contributed by atoms with E-state index in [1.807, 2.05) is 0 Å². The van der Waals surface area contributed by atoms with Crippen LogP contribution in [-0.2, 0) is 4.74 Å². The van der Waals surface area contributed by atoms with Crippen LogP contribution in [0.3, 0.4) is 0 Å². The van der Waals surface area contributed by atoms with Crippen molar-refractivity contribution in [2.45, 2.75) is 57.5 Å². The molecule has 0 aromatic carbocycles. The number of fused-ring (bicyclic) bond motifs is 6. The molecule has 4 unspecified atom stereocenters. The molecule has 1 N–H and O–H groups in total. The quantitative estimate of drug-likeness (QED) is 0.646. The van der Waals surface area contributed by atoms with E-state index in [1.165, 1.54) is 32.1 Å². The van der Waals surface area contributed by atoms with Crippen molar-refractivity contribution in [3.05, 3.63) is 36.5 Å². The largest absolute Gasteiger partial charge is 0.366 e. The summed E-state index contributed by atoms with van der Waals surface area (Å²) in [4.78, 5) is 0. The summed E-state index contributed by atoms with van der Waals surface area (Å²) in [6.45, 7) is 7.56. The molecule has 0 aromatic heterocycles. The molecule has 0 bridgehead atoms. The average molecular weight is 338 g/mol. The van der Waals surface area contributed by atoms with E-state index in [9.17, 15) is 0 Å². The van der Waals surface area contributed by atoms with Crippen LogP contribution in [0.5, 0.6) is 0 Å². The molecule has 1 spiro atoms. The molecule has 0 radical (unpaired) electrons. The molecule has 0 saturated heterocycles. The van der Waals surface area contributed by atoms with Gasteiger partial charge in [-0.3, -0.25) is 0 Å². The van der Waals surface area contributed by atoms with Crippen molar-refractivity contribution in [1.82, 2.24) is 0 Å². The maximum absolute atomic E-state index is 8.10. The van der Waals surface area contributed by atoms with Gasteiger partial charge in [0.1, 0.15) is 0 Å². The maximum atomic E-state index is 8.10. The van der Waals surface area contributed by atoms with Gasteiger partial charge in [0.2, 0.25) is 0 Å². The molecular weight excluding hydrogens is 306 g/mol. The third-order valence-electron chi connectivity index (χ3n) is 8.74. The predicted octanol–water partition coefficient (Wildman–Crippen LogP) is 5.32. The molecule has 2 heteroatoms. The Morgan fingerprint density at radius 1 is 1.28 bits per heavy atom. The van der Waals surface area contributed by atoms with Crippen LogP contribution in [-0.4, -0.2) is 17.9 Å². The van der Waals surface area contributed by atoms with Crippen molar-refractivity contribution in [1.29, 1.82) is 5.41 Å². The number of hydrogen-bond acceptors (Lipinski definition) is 2. The van der Waals surface area contributed by atoms with Gasteiger partial charge in [0.05, 0.1) is 12.2 Å². The van der Waals surface area contributed by atoms with E-state index in [1.54, 1.807) is 5.57 Å². The average Bonchev–Trinajstić information content (AvgIpc) is 3.20. The van der Waals surface area contributed by atoms with Gasteiger partial charge in [-0.05, 0) is 80.6 Å². The lowest BCUT2D eigenvalue weighted by Gasteiger charge is -2.57. The highest BCUT2D eigenvalue weighted by Gasteiger charge is 2.64. The Morgan fingerprint density at radius 2 is 2.16 bits per heavy atom. The van der Waals surface area contributed by atoms with E-state index in [4.69, 9.17) is 10.1 Å². The van der Waals surface area contributed by atoms with Gasteiger partial charge in [0.25, 0.3) is 0 Å². The van der Waals surface area contributed by atoms with E-state index in [0.717, 1.165) is 48.8 Å². The van der Waals surface area contributed by atoms with E-state index >= 15 is 0 Å². The van der Waals surface area contributed by atoms with Crippen LogP contribution in [0.1, 0.15) is 51.9 Å². The molecule has 1 heterocycles. The number of nitrogens with one attached hydrogen (secondary N) is 1. The molecule has 0 aromatic rings. The van der Waals surface area contributed by atoms with Crippen molar-refractivity contribution in [2.75, 3.05) is 6.61 Å². The molecule has 2 nitrogen and oxygen atoms in total. The van der Waals surface area contributed by atoms with Gasteiger partial charge >= 0.3 is 0 Å². The maximum Gasteiger partial charge on any atom is 0.0923 e. The van der Waals surface area contributed by atoms with Gasteiger partial charge in [-0.15, -0.1) is 6.58 Å². The molecule has 5 rings (SSSR count). The summed E-state index contributed by atoms with van der Waals surface area (Å²) in [5.74, 6) is 3.65. The SMILES string of the molecule is C=CC1CC2=CC(=N)CC[C@@H]2C2CC[C@@]3(C)C(CC[C@@]34C=CCO4)C12. The van der Waals surface area contributed by atoms with Crippen LogP contribution >= 0.6 is 0 Å². The number of rotatable bonds is 1. The predicted molar refractivity (Wildman–Crippen MR) is 102 cm³/mol. The molecule has 3 saturated carbocycles. The first-order valence-electron chi connectivity index (χ1n) is 10.3. The van der Waals surface area contributed by atoms with Crippen molar-refractivity contribution in [3.63, 3.8) is 0 Å². The van der Waals surface area contributed by atoms with Gasteiger partial charge in [0.15, 0.2) is 0 Å². The van der Waals surface area contributed by atoms with Crippen molar-refractivity contribution < 1.29 is 4.74 Å². The molecule has 1 aliphatic heterocycles. The molecule has 7 atom stereocenters. The summed E-state index contributed by atoms with van der Waals surface area (Å²) >= 11 is 0. The zero-order chi connectivity index (χ0) is 17.2. The van der Waals surface area contributed by atoms with Crippen LogP contribution in [0, 0.1) is 40.4 Å². The van der Waals surface area contributed by atoms with Crippen molar-refractivity contribution in [2.24, 2.45) is 35.0 Å². The first-order valence-corrected chi connectivity index (χ1v) is 10.3. The lowest BCUT2D eigenvalue weighted by molar-refractivity contribution is -0.116. The molecule has 25 heavy (non-hydrogen) atoms. The van der Waals surface area contributed by atoms with Gasteiger partial charge in [0, 0.05) is 11.1 Å². The minimum absolute atomic E-state index is 0.0131. The fourth-order valence-electron chi connectivity index (χ4n) is 7.59. The Hall–Kier alpha value is -1.15. The summed E-state index contributed by atoms with van der Waals surface area (Å²) in [5, 5.41) is 8.10. The Kier molecular flexibility index (Phi) is 3.48. The zero-order valence-electron chi connectivity index (χ0n) is 15.5. The molecule has 0 amide bonds. The summed E-state index contributed by atoms with van der Waals surface area (Å²) in [6, 6.07) is 0. The summed E-state index contributed by atoms with van der Waals surface area (Å²) in [7, 11) is 0. The van der Waals surface area contributed by atoms with Crippen molar-refractivity contribution in [3.8, 4) is 0 Å². The van der Waals surface area contributed by atoms with Gasteiger partial charge in [-0.2, -0.15) is 0 Å². The Balaban J connectivity index is 1.53. The highest BCUT2D eigenvalue weighted by molar-refractivity contribution is 5.93. The molecular formula is C23H31NO. The minimum atomic E-state index is 0.0131. The first kappa shape index (κ1) is 16.1. The number of ether oxygens (including phenoxy) is 1. The zero-order valence-corrected chi connectivity index (χ0v) is 15.5. The number of hydrogen-bond donors (Lipinski definition) is 1. The monoisotopic (exact) mass is 337 g/mol. The molecule has 5 aliphatic rings. The highest BCUT2D eigenvalue weighted by atomic mass is 16.5. The van der Waals surface area contributed by atoms with E-state index in [0.29, 0.717) is 11.3 Å².